The molecule has 0 N–H and O–H groups in total. The van der Waals surface area contributed by atoms with Gasteiger partial charge in [0, 0.05) is 23.3 Å². The second-order valence-corrected chi connectivity index (χ2v) is 7.21. The van der Waals surface area contributed by atoms with Gasteiger partial charge in [-0.25, -0.2) is 5.01 Å². The Balaban J connectivity index is 1.89. The summed E-state index contributed by atoms with van der Waals surface area (Å²) >= 11 is 3.41. The molecule has 1 heterocycles. The Bertz CT molecular complexity index is 844. The van der Waals surface area contributed by atoms with Crippen molar-refractivity contribution in [3.8, 4) is 0 Å². The molecule has 134 valence electrons. The normalized spacial score (nSPS) is 16.5. The number of carboxylic acids is 1. The van der Waals surface area contributed by atoms with E-state index in [0.717, 1.165) is 26.9 Å². The number of carbonyl (C=O) groups excluding carboxylic acids is 2. The molecule has 0 aromatic heterocycles. The summed E-state index contributed by atoms with van der Waals surface area (Å²) in [6.45, 7) is 2.01. The minimum absolute atomic E-state index is 0.125. The number of amides is 1. The Kier molecular flexibility index (Phi) is 5.52. The van der Waals surface area contributed by atoms with Crippen molar-refractivity contribution in [3.63, 3.8) is 0 Å². The molecule has 0 unspecified atom stereocenters. The molecule has 0 saturated carbocycles. The van der Waals surface area contributed by atoms with Gasteiger partial charge in [-0.2, -0.15) is 5.10 Å². The van der Waals surface area contributed by atoms with E-state index in [1.165, 1.54) is 5.01 Å². The van der Waals surface area contributed by atoms with Gasteiger partial charge in [-0.3, -0.25) is 4.79 Å². The van der Waals surface area contributed by atoms with Crippen molar-refractivity contribution >= 4 is 33.5 Å². The van der Waals surface area contributed by atoms with Crippen LogP contribution in [0.2, 0.25) is 0 Å². The van der Waals surface area contributed by atoms with Gasteiger partial charge in [0.15, 0.2) is 0 Å². The summed E-state index contributed by atoms with van der Waals surface area (Å²) in [6, 6.07) is 15.5. The van der Waals surface area contributed by atoms with Crippen molar-refractivity contribution in [1.82, 2.24) is 5.01 Å². The van der Waals surface area contributed by atoms with Crippen molar-refractivity contribution in [2.45, 2.75) is 32.2 Å². The zero-order valence-corrected chi connectivity index (χ0v) is 15.9. The van der Waals surface area contributed by atoms with Crippen LogP contribution >= 0.6 is 15.9 Å². The number of aryl methyl sites for hydroxylation is 1. The fourth-order valence-corrected chi connectivity index (χ4v) is 3.19. The first kappa shape index (κ1) is 18.3. The molecule has 2 aromatic carbocycles. The summed E-state index contributed by atoms with van der Waals surface area (Å²) in [5, 5.41) is 16.6. The van der Waals surface area contributed by atoms with Gasteiger partial charge in [0.2, 0.25) is 5.91 Å². The number of hydrogen-bond donors (Lipinski definition) is 0. The molecule has 3 rings (SSSR count). The summed E-state index contributed by atoms with van der Waals surface area (Å²) in [4.78, 5) is 23.3. The third kappa shape index (κ3) is 4.19. The molecule has 1 aliphatic rings. The van der Waals surface area contributed by atoms with E-state index in [1.807, 2.05) is 55.5 Å². The average molecular weight is 414 g/mol. The van der Waals surface area contributed by atoms with Crippen LogP contribution in [0, 0.1) is 6.92 Å². The molecule has 26 heavy (non-hydrogen) atoms. The Morgan fingerprint density at radius 1 is 1.12 bits per heavy atom. The maximum Gasteiger partial charge on any atom is 0.243 e. The van der Waals surface area contributed by atoms with Gasteiger partial charge in [0.1, 0.15) is 0 Å². The molecule has 0 fully saturated rings. The maximum absolute atomic E-state index is 12.5. The van der Waals surface area contributed by atoms with Gasteiger partial charge in [0.05, 0.1) is 11.8 Å². The van der Waals surface area contributed by atoms with Crippen LogP contribution in [-0.4, -0.2) is 22.6 Å². The summed E-state index contributed by atoms with van der Waals surface area (Å²) in [7, 11) is 0. The van der Waals surface area contributed by atoms with E-state index in [-0.39, 0.29) is 24.8 Å². The predicted molar refractivity (Wildman–Crippen MR) is 100 cm³/mol. The molecule has 1 amide bonds. The third-order valence-corrected chi connectivity index (χ3v) is 4.88. The summed E-state index contributed by atoms with van der Waals surface area (Å²) < 4.78 is 0.953. The molecule has 0 saturated heterocycles. The predicted octanol–water partition coefficient (Wildman–Crippen LogP) is 2.97. The van der Waals surface area contributed by atoms with E-state index in [4.69, 9.17) is 0 Å². The number of nitrogens with zero attached hydrogens (tertiary/aromatic N) is 2. The number of rotatable bonds is 5. The standard InChI is InChI=1S/C20H19BrN2O3/c1-13-2-4-14(5-3-13)17-12-18(15-6-8-16(21)9-7-15)23(22-17)19(24)10-11-20(25)26/h2-9,18H,10-12H2,1H3,(H,25,26)/p-1/t18-/m1/s1. The second kappa shape index (κ2) is 7.83. The topological polar surface area (TPSA) is 72.8 Å². The average Bonchev–Trinajstić information content (AvgIpc) is 3.06. The third-order valence-electron chi connectivity index (χ3n) is 4.35. The summed E-state index contributed by atoms with van der Waals surface area (Å²) in [6.07, 6.45) is 0.152. The lowest BCUT2D eigenvalue weighted by molar-refractivity contribution is -0.305. The molecular weight excluding hydrogens is 396 g/mol. The molecule has 6 heteroatoms. The summed E-state index contributed by atoms with van der Waals surface area (Å²) in [5.41, 5.74) is 3.90. The highest BCUT2D eigenvalue weighted by Crippen LogP contribution is 2.34. The number of halogens is 1. The quantitative estimate of drug-likeness (QED) is 0.755. The number of hydrogen-bond acceptors (Lipinski definition) is 4. The Labute approximate surface area is 160 Å². The van der Waals surface area contributed by atoms with Crippen LogP contribution in [0.4, 0.5) is 0 Å². The molecule has 0 aliphatic carbocycles. The van der Waals surface area contributed by atoms with Crippen molar-refractivity contribution in [2.24, 2.45) is 5.10 Å². The number of hydrazone groups is 1. The number of carbonyl (C=O) groups is 2. The maximum atomic E-state index is 12.5. The molecule has 2 aromatic rings. The number of carboxylic acid groups (broad SMARTS) is 1. The molecule has 0 radical (unpaired) electrons. The fraction of sp³-hybridized carbons (Fsp3) is 0.250. The molecule has 1 atom stereocenters. The molecule has 0 spiro atoms. The zero-order chi connectivity index (χ0) is 18.7. The smallest absolute Gasteiger partial charge is 0.243 e. The highest BCUT2D eigenvalue weighted by atomic mass is 79.9. The van der Waals surface area contributed by atoms with Gasteiger partial charge in [-0.15, -0.1) is 0 Å². The SMILES string of the molecule is Cc1ccc(C2=NN(C(=O)CCC(=O)[O-])[C@@H](c3ccc(Br)cc3)C2)cc1. The van der Waals surface area contributed by atoms with E-state index in [1.54, 1.807) is 0 Å². The van der Waals surface area contributed by atoms with Crippen LogP contribution in [-0.2, 0) is 9.59 Å². The highest BCUT2D eigenvalue weighted by Gasteiger charge is 2.32. The van der Waals surface area contributed by atoms with Crippen molar-refractivity contribution in [3.05, 3.63) is 69.7 Å². The van der Waals surface area contributed by atoms with Gasteiger partial charge in [0.25, 0.3) is 0 Å². The Morgan fingerprint density at radius 3 is 2.38 bits per heavy atom. The van der Waals surface area contributed by atoms with Gasteiger partial charge >= 0.3 is 0 Å². The zero-order valence-electron chi connectivity index (χ0n) is 14.3. The van der Waals surface area contributed by atoms with Crippen LogP contribution in [0.5, 0.6) is 0 Å². The lowest BCUT2D eigenvalue weighted by atomic mass is 9.98. The van der Waals surface area contributed by atoms with E-state index in [2.05, 4.69) is 21.0 Å². The van der Waals surface area contributed by atoms with Crippen LogP contribution in [0.1, 0.15) is 42.0 Å². The van der Waals surface area contributed by atoms with Crippen LogP contribution < -0.4 is 5.11 Å². The van der Waals surface area contributed by atoms with Gasteiger partial charge in [-0.05, 0) is 36.6 Å². The van der Waals surface area contributed by atoms with Gasteiger partial charge < -0.3 is 9.90 Å². The largest absolute Gasteiger partial charge is 0.550 e. The van der Waals surface area contributed by atoms with Crippen molar-refractivity contribution < 1.29 is 14.7 Å². The Morgan fingerprint density at radius 2 is 1.77 bits per heavy atom. The molecule has 1 aliphatic heterocycles. The van der Waals surface area contributed by atoms with E-state index < -0.39 is 5.97 Å². The first-order valence-corrected chi connectivity index (χ1v) is 9.15. The van der Waals surface area contributed by atoms with E-state index in [9.17, 15) is 14.7 Å². The van der Waals surface area contributed by atoms with E-state index >= 15 is 0 Å². The second-order valence-electron chi connectivity index (χ2n) is 6.29. The van der Waals surface area contributed by atoms with Crippen LogP contribution in [0.25, 0.3) is 0 Å². The van der Waals surface area contributed by atoms with E-state index in [0.29, 0.717) is 6.42 Å². The lowest BCUT2D eigenvalue weighted by Gasteiger charge is -2.22. The minimum Gasteiger partial charge on any atom is -0.550 e. The van der Waals surface area contributed by atoms with Gasteiger partial charge in [-0.1, -0.05) is 57.9 Å². The van der Waals surface area contributed by atoms with Crippen molar-refractivity contribution in [2.75, 3.05) is 0 Å². The monoisotopic (exact) mass is 413 g/mol. The van der Waals surface area contributed by atoms with Crippen molar-refractivity contribution in [1.29, 1.82) is 0 Å². The minimum atomic E-state index is -1.24. The first-order chi connectivity index (χ1) is 12.4. The Hall–Kier alpha value is -2.47. The first-order valence-electron chi connectivity index (χ1n) is 8.36. The summed E-state index contributed by atoms with van der Waals surface area (Å²) in [5.74, 6) is -1.55. The van der Waals surface area contributed by atoms with Crippen LogP contribution in [0.15, 0.2) is 58.1 Å². The lowest BCUT2D eigenvalue weighted by Crippen LogP contribution is -2.29. The molecule has 0 bridgehead atoms. The molecular formula is C20H18BrN2O3-. The number of benzene rings is 2. The highest BCUT2D eigenvalue weighted by molar-refractivity contribution is 9.10. The fourth-order valence-electron chi connectivity index (χ4n) is 2.93. The van der Waals surface area contributed by atoms with Crippen LogP contribution in [0.3, 0.4) is 0 Å². The number of aliphatic carboxylic acids is 1. The molecule has 5 nitrogen and oxygen atoms in total.